The highest BCUT2D eigenvalue weighted by molar-refractivity contribution is 7.98. The van der Waals surface area contributed by atoms with Crippen LogP contribution in [0.1, 0.15) is 32.6 Å². The van der Waals surface area contributed by atoms with Gasteiger partial charge in [-0.1, -0.05) is 0 Å². The Morgan fingerprint density at radius 1 is 1.17 bits per heavy atom. The van der Waals surface area contributed by atoms with Crippen molar-refractivity contribution >= 4 is 41.4 Å². The van der Waals surface area contributed by atoms with Gasteiger partial charge in [-0.25, -0.2) is 4.79 Å². The predicted octanol–water partition coefficient (Wildman–Crippen LogP) is -1.39. The Bertz CT molecular complexity index is 645. The van der Waals surface area contributed by atoms with Crippen molar-refractivity contribution in [2.75, 3.05) is 18.6 Å². The molecule has 0 bridgehead atoms. The van der Waals surface area contributed by atoms with Crippen LogP contribution < -0.4 is 16.4 Å². The van der Waals surface area contributed by atoms with Crippen molar-refractivity contribution in [1.82, 2.24) is 15.5 Å². The van der Waals surface area contributed by atoms with Gasteiger partial charge in [0, 0.05) is 6.54 Å². The van der Waals surface area contributed by atoms with Crippen molar-refractivity contribution in [2.45, 2.75) is 56.8 Å². The fraction of sp³-hybridized carbons (Fsp3) is 0.706. The van der Waals surface area contributed by atoms with Gasteiger partial charge >= 0.3 is 11.9 Å². The molecule has 11 nitrogen and oxygen atoms in total. The quantitative estimate of drug-likeness (QED) is 0.263. The molecule has 4 unspecified atom stereocenters. The second kappa shape index (κ2) is 11.6. The van der Waals surface area contributed by atoms with Crippen LogP contribution in [0.2, 0.25) is 0 Å². The lowest BCUT2D eigenvalue weighted by Gasteiger charge is -2.27. The average molecular weight is 432 g/mol. The van der Waals surface area contributed by atoms with E-state index in [-0.39, 0.29) is 13.0 Å². The number of carboxylic acids is 2. The van der Waals surface area contributed by atoms with Crippen molar-refractivity contribution in [1.29, 1.82) is 0 Å². The van der Waals surface area contributed by atoms with Gasteiger partial charge in [-0.05, 0) is 38.2 Å². The summed E-state index contributed by atoms with van der Waals surface area (Å²) in [6.45, 7) is 1.55. The summed E-state index contributed by atoms with van der Waals surface area (Å²) >= 11 is 1.53. The summed E-state index contributed by atoms with van der Waals surface area (Å²) in [6, 6.07) is -4.34. The molecular formula is C17H28N4O7S. The maximum atomic E-state index is 12.7. The van der Waals surface area contributed by atoms with Crippen LogP contribution >= 0.6 is 11.8 Å². The summed E-state index contributed by atoms with van der Waals surface area (Å²) < 4.78 is 0. The highest BCUT2D eigenvalue weighted by Gasteiger charge is 2.38. The first-order valence-electron chi connectivity index (χ1n) is 9.18. The van der Waals surface area contributed by atoms with Gasteiger partial charge in [-0.3, -0.25) is 19.2 Å². The van der Waals surface area contributed by atoms with Gasteiger partial charge in [0.15, 0.2) is 0 Å². The number of amides is 3. The lowest BCUT2D eigenvalue weighted by atomic mass is 10.1. The van der Waals surface area contributed by atoms with Crippen LogP contribution in [-0.2, 0) is 24.0 Å². The molecule has 4 atom stereocenters. The van der Waals surface area contributed by atoms with E-state index in [0.29, 0.717) is 18.6 Å². The van der Waals surface area contributed by atoms with E-state index in [1.165, 1.54) is 18.7 Å². The minimum Gasteiger partial charge on any atom is -0.481 e. The molecule has 1 fully saturated rings. The summed E-state index contributed by atoms with van der Waals surface area (Å²) in [6.07, 6.45) is 2.32. The van der Waals surface area contributed by atoms with Crippen molar-refractivity contribution in [3.8, 4) is 0 Å². The normalized spacial score (nSPS) is 19.1. The monoisotopic (exact) mass is 432 g/mol. The number of nitrogens with one attached hydrogen (secondary N) is 2. The van der Waals surface area contributed by atoms with Gasteiger partial charge in [-0.2, -0.15) is 11.8 Å². The topological polar surface area (TPSA) is 179 Å². The second-order valence-electron chi connectivity index (χ2n) is 6.81. The van der Waals surface area contributed by atoms with Crippen LogP contribution in [0.4, 0.5) is 0 Å². The largest absolute Gasteiger partial charge is 0.481 e. The highest BCUT2D eigenvalue weighted by atomic mass is 32.2. The minimum atomic E-state index is -1.44. The average Bonchev–Trinajstić information content (AvgIpc) is 3.14. The van der Waals surface area contributed by atoms with E-state index in [9.17, 15) is 29.1 Å². The smallest absolute Gasteiger partial charge is 0.326 e. The van der Waals surface area contributed by atoms with Crippen LogP contribution in [-0.4, -0.2) is 87.5 Å². The van der Waals surface area contributed by atoms with Gasteiger partial charge in [0.25, 0.3) is 0 Å². The molecule has 0 aromatic heterocycles. The SMILES string of the molecule is CSCCC(N)C(=O)NC(C)C(=O)NC(CC(=O)O)C(=O)N1CCCC1C(=O)O. The Morgan fingerprint density at radius 3 is 2.38 bits per heavy atom. The van der Waals surface area contributed by atoms with E-state index in [1.54, 1.807) is 0 Å². The second-order valence-corrected chi connectivity index (χ2v) is 7.79. The molecule has 164 valence electrons. The molecule has 6 N–H and O–H groups in total. The van der Waals surface area contributed by atoms with Crippen molar-refractivity contribution < 1.29 is 34.2 Å². The molecule has 1 aliphatic heterocycles. The van der Waals surface area contributed by atoms with Gasteiger partial charge in [0.2, 0.25) is 17.7 Å². The molecule has 0 aliphatic carbocycles. The van der Waals surface area contributed by atoms with Crippen LogP contribution in [0.3, 0.4) is 0 Å². The zero-order valence-electron chi connectivity index (χ0n) is 16.4. The van der Waals surface area contributed by atoms with Crippen LogP contribution in [0.15, 0.2) is 0 Å². The minimum absolute atomic E-state index is 0.165. The Morgan fingerprint density at radius 2 is 1.83 bits per heavy atom. The Kier molecular flexibility index (Phi) is 9.89. The zero-order chi connectivity index (χ0) is 22.1. The Hall–Kier alpha value is -2.34. The van der Waals surface area contributed by atoms with E-state index >= 15 is 0 Å². The molecule has 1 rings (SSSR count). The zero-order valence-corrected chi connectivity index (χ0v) is 17.2. The number of aliphatic carboxylic acids is 2. The Labute approximate surface area is 172 Å². The Balaban J connectivity index is 2.77. The first kappa shape index (κ1) is 24.7. The van der Waals surface area contributed by atoms with Gasteiger partial charge in [0.1, 0.15) is 18.1 Å². The lowest BCUT2D eigenvalue weighted by molar-refractivity contribution is -0.150. The molecular weight excluding hydrogens is 404 g/mol. The van der Waals surface area contributed by atoms with Crippen LogP contribution in [0, 0.1) is 0 Å². The molecule has 3 amide bonds. The van der Waals surface area contributed by atoms with Crippen molar-refractivity contribution in [2.24, 2.45) is 5.73 Å². The number of likely N-dealkylation sites (tertiary alicyclic amines) is 1. The standard InChI is InChI=1S/C17H28N4O7S/c1-9(19-15(25)10(18)5-7-29-2)14(24)20-11(8-13(22)23)16(26)21-6-3-4-12(21)17(27)28/h9-12H,3-8,18H2,1-2H3,(H,19,25)(H,20,24)(H,22,23)(H,27,28). The molecule has 0 saturated carbocycles. The molecule has 12 heteroatoms. The number of carbonyl (C=O) groups excluding carboxylic acids is 3. The number of hydrogen-bond donors (Lipinski definition) is 5. The van der Waals surface area contributed by atoms with E-state index in [0.717, 1.165) is 4.90 Å². The number of hydrogen-bond acceptors (Lipinski definition) is 7. The third-order valence-electron chi connectivity index (χ3n) is 4.54. The van der Waals surface area contributed by atoms with Gasteiger partial charge in [-0.15, -0.1) is 0 Å². The molecule has 1 aliphatic rings. The molecule has 0 aromatic carbocycles. The van der Waals surface area contributed by atoms with Gasteiger partial charge in [0.05, 0.1) is 12.5 Å². The molecule has 0 spiro atoms. The molecule has 29 heavy (non-hydrogen) atoms. The van der Waals surface area contributed by atoms with Crippen LogP contribution in [0.5, 0.6) is 0 Å². The summed E-state index contributed by atoms with van der Waals surface area (Å²) in [4.78, 5) is 60.6. The molecule has 0 radical (unpaired) electrons. The third-order valence-corrected chi connectivity index (χ3v) is 5.18. The summed E-state index contributed by atoms with van der Waals surface area (Å²) in [5.41, 5.74) is 5.74. The van der Waals surface area contributed by atoms with Gasteiger partial charge < -0.3 is 31.5 Å². The number of nitrogens with zero attached hydrogens (tertiary/aromatic N) is 1. The first-order chi connectivity index (χ1) is 13.6. The van der Waals surface area contributed by atoms with Crippen molar-refractivity contribution in [3.05, 3.63) is 0 Å². The lowest BCUT2D eigenvalue weighted by Crippen LogP contribution is -2.56. The fourth-order valence-electron chi connectivity index (χ4n) is 2.92. The summed E-state index contributed by atoms with van der Waals surface area (Å²) in [5.74, 6) is -3.91. The highest BCUT2D eigenvalue weighted by Crippen LogP contribution is 2.19. The summed E-state index contributed by atoms with van der Waals surface area (Å²) in [7, 11) is 0. The molecule has 1 heterocycles. The fourth-order valence-corrected chi connectivity index (χ4v) is 3.41. The van der Waals surface area contributed by atoms with Crippen molar-refractivity contribution in [3.63, 3.8) is 0 Å². The number of nitrogens with two attached hydrogens (primary N) is 1. The summed E-state index contributed by atoms with van der Waals surface area (Å²) in [5, 5.41) is 23.0. The third kappa shape index (κ3) is 7.54. The molecule has 1 saturated heterocycles. The van der Waals surface area contributed by atoms with Crippen LogP contribution in [0.25, 0.3) is 0 Å². The maximum absolute atomic E-state index is 12.7. The predicted molar refractivity (Wildman–Crippen MR) is 105 cm³/mol. The van der Waals surface area contributed by atoms with E-state index in [4.69, 9.17) is 10.8 Å². The number of carboxylic acid groups (broad SMARTS) is 2. The number of thioether (sulfide) groups is 1. The van der Waals surface area contributed by atoms with E-state index in [2.05, 4.69) is 10.6 Å². The number of carbonyl (C=O) groups is 5. The van der Waals surface area contributed by atoms with E-state index in [1.807, 2.05) is 6.26 Å². The molecule has 0 aromatic rings. The van der Waals surface area contributed by atoms with E-state index < -0.39 is 60.2 Å². The number of rotatable bonds is 11. The maximum Gasteiger partial charge on any atom is 0.326 e. The first-order valence-corrected chi connectivity index (χ1v) is 10.6.